The Kier molecular flexibility index (Phi) is 4.25. The van der Waals surface area contributed by atoms with E-state index in [0.717, 1.165) is 11.4 Å². The fourth-order valence-electron chi connectivity index (χ4n) is 3.18. The number of nitrogens with zero attached hydrogens (tertiary/aromatic N) is 3. The van der Waals surface area contributed by atoms with Crippen LogP contribution in [0.2, 0.25) is 0 Å². The van der Waals surface area contributed by atoms with Crippen LogP contribution < -0.4 is 5.32 Å². The lowest BCUT2D eigenvalue weighted by molar-refractivity contribution is 0.197. The second-order valence-corrected chi connectivity index (χ2v) is 6.07. The largest absolute Gasteiger partial charge is 0.381 e. The Labute approximate surface area is 126 Å². The first kappa shape index (κ1) is 14.1. The van der Waals surface area contributed by atoms with Gasteiger partial charge in [0.25, 0.3) is 0 Å². The topological polar surface area (TPSA) is 33.1 Å². The highest BCUT2D eigenvalue weighted by Gasteiger charge is 2.23. The summed E-state index contributed by atoms with van der Waals surface area (Å²) in [6, 6.07) is 10.8. The van der Waals surface area contributed by atoms with Crippen LogP contribution in [0.25, 0.3) is 5.69 Å². The van der Waals surface area contributed by atoms with Crippen molar-refractivity contribution >= 4 is 5.69 Å². The molecule has 0 radical (unpaired) electrons. The number of aromatic nitrogens is 2. The van der Waals surface area contributed by atoms with Gasteiger partial charge in [0, 0.05) is 25.0 Å². The predicted octanol–water partition coefficient (Wildman–Crippen LogP) is 3.01. The van der Waals surface area contributed by atoms with Crippen molar-refractivity contribution in [3.05, 3.63) is 42.7 Å². The lowest BCUT2D eigenvalue weighted by atomic mass is 9.91. The number of likely N-dealkylation sites (tertiary alicyclic amines) is 1. The summed E-state index contributed by atoms with van der Waals surface area (Å²) >= 11 is 0. The van der Waals surface area contributed by atoms with Crippen molar-refractivity contribution in [2.45, 2.75) is 25.8 Å². The molecule has 2 aromatic rings. The number of anilines is 1. The molecule has 0 spiro atoms. The van der Waals surface area contributed by atoms with E-state index in [2.05, 4.69) is 53.6 Å². The zero-order valence-corrected chi connectivity index (χ0v) is 12.9. The number of benzene rings is 1. The van der Waals surface area contributed by atoms with E-state index in [0.29, 0.717) is 12.0 Å². The maximum atomic E-state index is 4.35. The SMILES string of the molecule is CC(Nc1ccccc1-n1cccn1)C1CCCN(C)C1. The summed E-state index contributed by atoms with van der Waals surface area (Å²) in [6.45, 7) is 4.70. The van der Waals surface area contributed by atoms with Crippen LogP contribution in [0.4, 0.5) is 5.69 Å². The molecular formula is C17H24N4. The van der Waals surface area contributed by atoms with Crippen molar-refractivity contribution < 1.29 is 0 Å². The van der Waals surface area contributed by atoms with Crippen LogP contribution >= 0.6 is 0 Å². The highest BCUT2D eigenvalue weighted by Crippen LogP contribution is 2.25. The molecule has 2 unspecified atom stereocenters. The Morgan fingerprint density at radius 1 is 1.29 bits per heavy atom. The first-order chi connectivity index (χ1) is 10.2. The van der Waals surface area contributed by atoms with Gasteiger partial charge >= 0.3 is 0 Å². The summed E-state index contributed by atoms with van der Waals surface area (Å²) in [4.78, 5) is 2.44. The molecule has 0 bridgehead atoms. The van der Waals surface area contributed by atoms with Crippen LogP contribution in [0.1, 0.15) is 19.8 Å². The number of piperidine rings is 1. The van der Waals surface area contributed by atoms with Gasteiger partial charge in [-0.15, -0.1) is 0 Å². The minimum Gasteiger partial charge on any atom is -0.381 e. The van der Waals surface area contributed by atoms with Crippen LogP contribution in [0.5, 0.6) is 0 Å². The Morgan fingerprint density at radius 2 is 2.14 bits per heavy atom. The highest BCUT2D eigenvalue weighted by molar-refractivity contribution is 5.61. The molecular weight excluding hydrogens is 260 g/mol. The fraction of sp³-hybridized carbons (Fsp3) is 0.471. The van der Waals surface area contributed by atoms with E-state index in [4.69, 9.17) is 0 Å². The molecule has 4 nitrogen and oxygen atoms in total. The summed E-state index contributed by atoms with van der Waals surface area (Å²) in [5.74, 6) is 0.703. The van der Waals surface area contributed by atoms with Crippen molar-refractivity contribution in [3.8, 4) is 5.69 Å². The van der Waals surface area contributed by atoms with E-state index in [1.165, 1.54) is 25.9 Å². The first-order valence-corrected chi connectivity index (χ1v) is 7.78. The van der Waals surface area contributed by atoms with Crippen molar-refractivity contribution in [2.75, 3.05) is 25.5 Å². The molecule has 0 saturated carbocycles. The molecule has 0 aliphatic carbocycles. The minimum absolute atomic E-state index is 0.462. The van der Waals surface area contributed by atoms with Crippen LogP contribution in [0.3, 0.4) is 0 Å². The Balaban J connectivity index is 1.75. The van der Waals surface area contributed by atoms with Gasteiger partial charge in [0.1, 0.15) is 0 Å². The summed E-state index contributed by atoms with van der Waals surface area (Å²) in [5, 5.41) is 8.05. The summed E-state index contributed by atoms with van der Waals surface area (Å²) in [5.41, 5.74) is 2.26. The number of hydrogen-bond acceptors (Lipinski definition) is 3. The molecule has 1 fully saturated rings. The molecule has 1 aromatic carbocycles. The standard InChI is InChI=1S/C17H24N4/c1-14(15-7-5-11-20(2)13-15)19-16-8-3-4-9-17(16)21-12-6-10-18-21/h3-4,6,8-10,12,14-15,19H,5,7,11,13H2,1-2H3. The van der Waals surface area contributed by atoms with Crippen molar-refractivity contribution in [3.63, 3.8) is 0 Å². The van der Waals surface area contributed by atoms with Gasteiger partial charge in [0.2, 0.25) is 0 Å². The van der Waals surface area contributed by atoms with E-state index >= 15 is 0 Å². The van der Waals surface area contributed by atoms with Gasteiger partial charge in [0.05, 0.1) is 11.4 Å². The van der Waals surface area contributed by atoms with Gasteiger partial charge in [-0.2, -0.15) is 5.10 Å². The molecule has 1 aliphatic rings. The average molecular weight is 284 g/mol. The molecule has 3 rings (SSSR count). The van der Waals surface area contributed by atoms with Crippen molar-refractivity contribution in [1.82, 2.24) is 14.7 Å². The van der Waals surface area contributed by atoms with Gasteiger partial charge in [-0.05, 0) is 57.5 Å². The molecule has 112 valence electrons. The number of nitrogens with one attached hydrogen (secondary N) is 1. The molecule has 4 heteroatoms. The van der Waals surface area contributed by atoms with Gasteiger partial charge in [0.15, 0.2) is 0 Å². The van der Waals surface area contributed by atoms with Crippen molar-refractivity contribution in [1.29, 1.82) is 0 Å². The molecule has 1 N–H and O–H groups in total. The third kappa shape index (κ3) is 3.27. The maximum Gasteiger partial charge on any atom is 0.0876 e. The summed E-state index contributed by atoms with van der Waals surface area (Å²) < 4.78 is 1.92. The molecule has 0 amide bonds. The van der Waals surface area contributed by atoms with Crippen LogP contribution in [-0.2, 0) is 0 Å². The lowest BCUT2D eigenvalue weighted by Gasteiger charge is -2.34. The molecule has 2 atom stereocenters. The Bertz CT molecular complexity index is 564. The van der Waals surface area contributed by atoms with Gasteiger partial charge < -0.3 is 10.2 Å². The van der Waals surface area contributed by atoms with Gasteiger partial charge in [-0.25, -0.2) is 4.68 Å². The molecule has 21 heavy (non-hydrogen) atoms. The zero-order chi connectivity index (χ0) is 14.7. The van der Waals surface area contributed by atoms with Crippen molar-refractivity contribution in [2.24, 2.45) is 5.92 Å². The Hall–Kier alpha value is -1.81. The monoisotopic (exact) mass is 284 g/mol. The predicted molar refractivity (Wildman–Crippen MR) is 86.9 cm³/mol. The average Bonchev–Trinajstić information content (AvgIpc) is 3.02. The lowest BCUT2D eigenvalue weighted by Crippen LogP contribution is -2.40. The normalized spacial score (nSPS) is 21.1. The van der Waals surface area contributed by atoms with Crippen LogP contribution in [-0.4, -0.2) is 40.9 Å². The third-order valence-electron chi connectivity index (χ3n) is 4.41. The van der Waals surface area contributed by atoms with E-state index in [1.54, 1.807) is 0 Å². The van der Waals surface area contributed by atoms with Gasteiger partial charge in [-0.3, -0.25) is 0 Å². The van der Waals surface area contributed by atoms with E-state index in [-0.39, 0.29) is 0 Å². The van der Waals surface area contributed by atoms with E-state index in [1.807, 2.05) is 23.1 Å². The Morgan fingerprint density at radius 3 is 2.90 bits per heavy atom. The molecule has 1 aromatic heterocycles. The second-order valence-electron chi connectivity index (χ2n) is 6.07. The smallest absolute Gasteiger partial charge is 0.0876 e. The molecule has 1 aliphatic heterocycles. The zero-order valence-electron chi connectivity index (χ0n) is 12.9. The summed E-state index contributed by atoms with van der Waals surface area (Å²) in [6.07, 6.45) is 6.41. The van der Waals surface area contributed by atoms with E-state index < -0.39 is 0 Å². The summed E-state index contributed by atoms with van der Waals surface area (Å²) in [7, 11) is 2.22. The molecule has 1 saturated heterocycles. The van der Waals surface area contributed by atoms with Crippen LogP contribution in [0.15, 0.2) is 42.7 Å². The minimum atomic E-state index is 0.462. The van der Waals surface area contributed by atoms with E-state index in [9.17, 15) is 0 Å². The number of rotatable bonds is 4. The fourth-order valence-corrected chi connectivity index (χ4v) is 3.18. The first-order valence-electron chi connectivity index (χ1n) is 7.78. The number of para-hydroxylation sites is 2. The maximum absolute atomic E-state index is 4.35. The van der Waals surface area contributed by atoms with Gasteiger partial charge in [-0.1, -0.05) is 12.1 Å². The molecule has 2 heterocycles. The second kappa shape index (κ2) is 6.31. The number of hydrogen-bond donors (Lipinski definition) is 1. The quantitative estimate of drug-likeness (QED) is 0.937. The van der Waals surface area contributed by atoms with Crippen LogP contribution in [0, 0.1) is 5.92 Å². The third-order valence-corrected chi connectivity index (χ3v) is 4.41. The highest BCUT2D eigenvalue weighted by atomic mass is 15.3.